The van der Waals surface area contributed by atoms with Crippen molar-refractivity contribution in [1.82, 2.24) is 4.90 Å². The van der Waals surface area contributed by atoms with E-state index < -0.39 is 0 Å². The Balaban J connectivity index is 0.00000192. The number of quaternary nitrogens is 1. The molecule has 0 spiro atoms. The van der Waals surface area contributed by atoms with E-state index in [1.807, 2.05) is 4.90 Å². The summed E-state index contributed by atoms with van der Waals surface area (Å²) in [4.78, 5) is 14.2. The van der Waals surface area contributed by atoms with Crippen LogP contribution in [0.15, 0.2) is 18.2 Å². The van der Waals surface area contributed by atoms with Gasteiger partial charge in [0.05, 0.1) is 39.8 Å². The fourth-order valence-electron chi connectivity index (χ4n) is 3.09. The van der Waals surface area contributed by atoms with E-state index in [1.165, 1.54) is 19.4 Å². The predicted molar refractivity (Wildman–Crippen MR) is 90.6 cm³/mol. The van der Waals surface area contributed by atoms with Crippen molar-refractivity contribution in [3.8, 4) is 0 Å². The van der Waals surface area contributed by atoms with Gasteiger partial charge in [-0.1, -0.05) is 23.2 Å². The van der Waals surface area contributed by atoms with Gasteiger partial charge in [-0.05, 0) is 31.0 Å². The molecule has 7 heteroatoms. The van der Waals surface area contributed by atoms with Crippen LogP contribution in [0.5, 0.6) is 0 Å². The summed E-state index contributed by atoms with van der Waals surface area (Å²) in [6.07, 6.45) is 2.77. The first kappa shape index (κ1) is 18.8. The molecule has 23 heavy (non-hydrogen) atoms. The van der Waals surface area contributed by atoms with Crippen molar-refractivity contribution in [3.63, 3.8) is 0 Å². The smallest absolute Gasteiger partial charge is 0.322 e. The van der Waals surface area contributed by atoms with Crippen molar-refractivity contribution >= 4 is 34.9 Å². The third-order valence-corrected chi connectivity index (χ3v) is 5.05. The van der Waals surface area contributed by atoms with Gasteiger partial charge in [-0.25, -0.2) is 4.79 Å². The fourth-order valence-corrected chi connectivity index (χ4v) is 3.61. The minimum absolute atomic E-state index is 0. The van der Waals surface area contributed by atoms with E-state index in [2.05, 4.69) is 12.4 Å². The number of amides is 2. The third-order valence-electron chi connectivity index (χ3n) is 4.62. The maximum absolute atomic E-state index is 12.4. The topological polar surface area (TPSA) is 32.3 Å². The van der Waals surface area contributed by atoms with E-state index in [4.69, 9.17) is 23.2 Å². The van der Waals surface area contributed by atoms with Gasteiger partial charge in [0.1, 0.15) is 0 Å². The Morgan fingerprint density at radius 1 is 1.22 bits per heavy atom. The lowest BCUT2D eigenvalue weighted by Gasteiger charge is -2.42. The van der Waals surface area contributed by atoms with Crippen LogP contribution in [-0.2, 0) is 0 Å². The molecule has 1 aliphatic heterocycles. The molecular formula is C16H22BrCl2N3O. The molecule has 0 bridgehead atoms. The summed E-state index contributed by atoms with van der Waals surface area (Å²) in [7, 11) is 2.31. The Morgan fingerprint density at radius 3 is 2.30 bits per heavy atom. The number of rotatable bonds is 3. The van der Waals surface area contributed by atoms with Crippen LogP contribution in [0.1, 0.15) is 12.8 Å². The van der Waals surface area contributed by atoms with Gasteiger partial charge in [-0.2, -0.15) is 0 Å². The highest BCUT2D eigenvalue weighted by molar-refractivity contribution is 6.35. The Morgan fingerprint density at radius 2 is 1.78 bits per heavy atom. The van der Waals surface area contributed by atoms with Crippen LogP contribution in [0.2, 0.25) is 10.0 Å². The zero-order valence-electron chi connectivity index (χ0n) is 13.2. The molecule has 1 aliphatic carbocycles. The molecule has 2 amide bonds. The van der Waals surface area contributed by atoms with Crippen LogP contribution in [0.4, 0.5) is 10.5 Å². The fraction of sp³-hybridized carbons (Fsp3) is 0.562. The molecule has 0 atom stereocenters. The van der Waals surface area contributed by atoms with Crippen LogP contribution in [0.3, 0.4) is 0 Å². The molecule has 1 aromatic carbocycles. The largest absolute Gasteiger partial charge is 1.00 e. The van der Waals surface area contributed by atoms with Gasteiger partial charge in [-0.3, -0.25) is 0 Å². The summed E-state index contributed by atoms with van der Waals surface area (Å²) < 4.78 is 1.09. The summed E-state index contributed by atoms with van der Waals surface area (Å²) in [6, 6.07) is 5.00. The molecule has 1 saturated heterocycles. The second-order valence-corrected chi connectivity index (χ2v) is 7.64. The normalized spacial score (nSPS) is 19.9. The number of carbonyl (C=O) groups excluding carboxylic acids is 1. The maximum atomic E-state index is 12.4. The number of hydrogen-bond donors (Lipinski definition) is 1. The molecular weight excluding hydrogens is 401 g/mol. The van der Waals surface area contributed by atoms with Gasteiger partial charge < -0.3 is 31.7 Å². The summed E-state index contributed by atoms with van der Waals surface area (Å²) in [6.45, 7) is 4.91. The van der Waals surface area contributed by atoms with Gasteiger partial charge in [-0.15, -0.1) is 0 Å². The molecule has 0 unspecified atom stereocenters. The molecule has 3 rings (SSSR count). The number of likely N-dealkylation sites (N-methyl/N-ethyl adjacent to an activating group) is 1. The number of nitrogens with zero attached hydrogens (tertiary/aromatic N) is 2. The molecule has 2 fully saturated rings. The second kappa shape index (κ2) is 7.60. The summed E-state index contributed by atoms with van der Waals surface area (Å²) in [5.41, 5.74) is 0.642. The molecule has 1 aromatic rings. The van der Waals surface area contributed by atoms with Crippen molar-refractivity contribution in [2.45, 2.75) is 12.8 Å². The predicted octanol–water partition coefficient (Wildman–Crippen LogP) is 0.702. The first-order valence-electron chi connectivity index (χ1n) is 7.79. The maximum Gasteiger partial charge on any atom is 0.322 e. The number of piperazine rings is 1. The first-order chi connectivity index (χ1) is 10.4. The minimum Gasteiger partial charge on any atom is -1.00 e. The molecule has 1 saturated carbocycles. The number of nitrogens with one attached hydrogen (secondary N) is 1. The van der Waals surface area contributed by atoms with Crippen molar-refractivity contribution in [2.24, 2.45) is 5.92 Å². The molecule has 128 valence electrons. The van der Waals surface area contributed by atoms with E-state index >= 15 is 0 Å². The molecule has 1 heterocycles. The molecule has 1 N–H and O–H groups in total. The second-order valence-electron chi connectivity index (χ2n) is 6.77. The molecule has 0 radical (unpaired) electrons. The Hall–Kier alpha value is -0.490. The quantitative estimate of drug-likeness (QED) is 0.714. The molecule has 0 aromatic heterocycles. The number of halogens is 3. The van der Waals surface area contributed by atoms with Gasteiger partial charge in [0.2, 0.25) is 0 Å². The van der Waals surface area contributed by atoms with Crippen LogP contribution < -0.4 is 22.3 Å². The van der Waals surface area contributed by atoms with Crippen LogP contribution in [0, 0.1) is 5.92 Å². The number of carbonyl (C=O) groups is 1. The van der Waals surface area contributed by atoms with E-state index in [1.54, 1.807) is 18.2 Å². The van der Waals surface area contributed by atoms with Crippen LogP contribution in [-0.4, -0.2) is 55.2 Å². The van der Waals surface area contributed by atoms with Gasteiger partial charge in [0.25, 0.3) is 0 Å². The van der Waals surface area contributed by atoms with Crippen molar-refractivity contribution in [1.29, 1.82) is 0 Å². The lowest BCUT2D eigenvalue weighted by Crippen LogP contribution is -3.00. The first-order valence-corrected chi connectivity index (χ1v) is 8.55. The van der Waals surface area contributed by atoms with Gasteiger partial charge >= 0.3 is 6.03 Å². The van der Waals surface area contributed by atoms with Crippen molar-refractivity contribution in [2.75, 3.05) is 45.1 Å². The summed E-state index contributed by atoms with van der Waals surface area (Å²) in [5.74, 6) is 0.916. The third kappa shape index (κ3) is 5.24. The Bertz CT molecular complexity index is 552. The lowest BCUT2D eigenvalue weighted by molar-refractivity contribution is -0.914. The van der Waals surface area contributed by atoms with E-state index in [0.29, 0.717) is 15.7 Å². The highest BCUT2D eigenvalue weighted by Gasteiger charge is 2.36. The van der Waals surface area contributed by atoms with E-state index in [0.717, 1.165) is 36.6 Å². The zero-order chi connectivity index (χ0) is 15.7. The average Bonchev–Trinajstić information content (AvgIpc) is 3.21. The van der Waals surface area contributed by atoms with Crippen LogP contribution in [0.25, 0.3) is 0 Å². The van der Waals surface area contributed by atoms with Crippen LogP contribution >= 0.6 is 23.2 Å². The Kier molecular flexibility index (Phi) is 6.22. The van der Waals surface area contributed by atoms with Crippen molar-refractivity contribution in [3.05, 3.63) is 28.2 Å². The summed E-state index contributed by atoms with van der Waals surface area (Å²) >= 11 is 11.9. The van der Waals surface area contributed by atoms with Gasteiger partial charge in [0.15, 0.2) is 0 Å². The summed E-state index contributed by atoms with van der Waals surface area (Å²) in [5, 5.41) is 3.93. The van der Waals surface area contributed by atoms with E-state index in [-0.39, 0.29) is 23.0 Å². The molecule has 2 aliphatic rings. The molecule has 4 nitrogen and oxygen atoms in total. The lowest BCUT2D eigenvalue weighted by atomic mass is 10.2. The SMILES string of the molecule is C[N+]1(CC2CC2)CCN(C(=O)Nc2cc(Cl)cc(Cl)c2)CC1.[Br-]. The van der Waals surface area contributed by atoms with Crippen molar-refractivity contribution < 1.29 is 26.3 Å². The number of benzene rings is 1. The number of anilines is 1. The number of urea groups is 1. The monoisotopic (exact) mass is 421 g/mol. The highest BCUT2D eigenvalue weighted by atomic mass is 79.9. The zero-order valence-corrected chi connectivity index (χ0v) is 16.3. The Labute approximate surface area is 158 Å². The highest BCUT2D eigenvalue weighted by Crippen LogP contribution is 2.32. The minimum atomic E-state index is -0.0731. The number of hydrogen-bond acceptors (Lipinski definition) is 1. The standard InChI is InChI=1S/C16H21Cl2N3O.BrH/c1-21(11-12-2-3-12)6-4-20(5-7-21)16(22)19-15-9-13(17)8-14(18)10-15;/h8-10,12H,2-7,11H2,1H3;1H. The van der Waals surface area contributed by atoms with Gasteiger partial charge in [0, 0.05) is 21.7 Å². The average molecular weight is 423 g/mol. The van der Waals surface area contributed by atoms with E-state index in [9.17, 15) is 4.79 Å².